The van der Waals surface area contributed by atoms with Gasteiger partial charge in [0, 0.05) is 30.9 Å². The summed E-state index contributed by atoms with van der Waals surface area (Å²) in [5.41, 5.74) is 2.55. The molecule has 0 radical (unpaired) electrons. The molecule has 1 N–H and O–H groups in total. The van der Waals surface area contributed by atoms with Crippen LogP contribution in [0.3, 0.4) is 0 Å². The Morgan fingerprint density at radius 1 is 1.40 bits per heavy atom. The summed E-state index contributed by atoms with van der Waals surface area (Å²) in [6.45, 7) is 0.727. The molecule has 1 aromatic carbocycles. The van der Waals surface area contributed by atoms with Gasteiger partial charge in [0.1, 0.15) is 5.75 Å². The van der Waals surface area contributed by atoms with Crippen molar-refractivity contribution in [1.82, 2.24) is 15.1 Å². The minimum absolute atomic E-state index is 0.137. The number of halogens is 2. The van der Waals surface area contributed by atoms with E-state index in [0.717, 1.165) is 23.4 Å². The fraction of sp³-hybridized carbons (Fsp3) is 0.357. The highest BCUT2D eigenvalue weighted by molar-refractivity contribution is 5.64. The van der Waals surface area contributed by atoms with Gasteiger partial charge in [0.15, 0.2) is 0 Å². The SMILES string of the molecule is CCNCc1cn(C)nc1-c1cccc(OC(F)F)c1. The van der Waals surface area contributed by atoms with Crippen LogP contribution in [0.4, 0.5) is 8.78 Å². The molecule has 108 valence electrons. The zero-order valence-electron chi connectivity index (χ0n) is 11.4. The van der Waals surface area contributed by atoms with E-state index < -0.39 is 6.61 Å². The van der Waals surface area contributed by atoms with Crippen LogP contribution >= 0.6 is 0 Å². The van der Waals surface area contributed by atoms with Crippen molar-refractivity contribution in [2.45, 2.75) is 20.1 Å². The molecule has 20 heavy (non-hydrogen) atoms. The van der Waals surface area contributed by atoms with Crippen LogP contribution in [-0.2, 0) is 13.6 Å². The average molecular weight is 281 g/mol. The van der Waals surface area contributed by atoms with E-state index in [0.29, 0.717) is 6.54 Å². The van der Waals surface area contributed by atoms with Crippen molar-refractivity contribution in [1.29, 1.82) is 0 Å². The van der Waals surface area contributed by atoms with E-state index in [2.05, 4.69) is 15.2 Å². The van der Waals surface area contributed by atoms with Crippen LogP contribution in [0, 0.1) is 0 Å². The van der Waals surface area contributed by atoms with Gasteiger partial charge in [-0.3, -0.25) is 4.68 Å². The summed E-state index contributed by atoms with van der Waals surface area (Å²) in [7, 11) is 1.83. The molecule has 2 rings (SSSR count). The zero-order chi connectivity index (χ0) is 14.5. The van der Waals surface area contributed by atoms with Gasteiger partial charge >= 0.3 is 6.61 Å². The Morgan fingerprint density at radius 3 is 2.90 bits per heavy atom. The van der Waals surface area contributed by atoms with Crippen LogP contribution in [0.1, 0.15) is 12.5 Å². The Labute approximate surface area is 116 Å². The highest BCUT2D eigenvalue weighted by Gasteiger charge is 2.11. The van der Waals surface area contributed by atoms with E-state index in [1.54, 1.807) is 16.8 Å². The molecule has 1 heterocycles. The largest absolute Gasteiger partial charge is 0.435 e. The first-order valence-corrected chi connectivity index (χ1v) is 6.38. The van der Waals surface area contributed by atoms with Gasteiger partial charge in [-0.25, -0.2) is 0 Å². The maximum absolute atomic E-state index is 12.3. The summed E-state index contributed by atoms with van der Waals surface area (Å²) in [5, 5.41) is 7.62. The molecule has 0 aliphatic carbocycles. The van der Waals surface area contributed by atoms with E-state index in [1.165, 1.54) is 6.07 Å². The second-order valence-electron chi connectivity index (χ2n) is 4.36. The third-order valence-corrected chi connectivity index (χ3v) is 2.80. The predicted octanol–water partition coefficient (Wildman–Crippen LogP) is 2.80. The van der Waals surface area contributed by atoms with Crippen LogP contribution in [0.5, 0.6) is 5.75 Å². The van der Waals surface area contributed by atoms with Crippen molar-refractivity contribution in [2.24, 2.45) is 7.05 Å². The zero-order valence-corrected chi connectivity index (χ0v) is 11.4. The number of nitrogens with zero attached hydrogens (tertiary/aromatic N) is 2. The van der Waals surface area contributed by atoms with Gasteiger partial charge in [-0.05, 0) is 18.7 Å². The second kappa shape index (κ2) is 6.47. The molecule has 1 aromatic heterocycles. The summed E-state index contributed by atoms with van der Waals surface area (Å²) in [4.78, 5) is 0. The predicted molar refractivity (Wildman–Crippen MR) is 72.7 cm³/mol. The lowest BCUT2D eigenvalue weighted by molar-refractivity contribution is -0.0498. The van der Waals surface area contributed by atoms with Gasteiger partial charge in [0.2, 0.25) is 0 Å². The summed E-state index contributed by atoms with van der Waals surface area (Å²) < 4.78 is 30.6. The van der Waals surface area contributed by atoms with Gasteiger partial charge in [0.05, 0.1) is 5.69 Å². The molecule has 0 amide bonds. The normalized spacial score (nSPS) is 11.1. The topological polar surface area (TPSA) is 39.1 Å². The Bertz CT molecular complexity index is 569. The standard InChI is InChI=1S/C14H17F2N3O/c1-3-17-8-11-9-19(2)18-13(11)10-5-4-6-12(7-10)20-14(15)16/h4-7,9,14,17H,3,8H2,1-2H3. The molecule has 0 saturated carbocycles. The number of nitrogens with one attached hydrogen (secondary N) is 1. The lowest BCUT2D eigenvalue weighted by atomic mass is 10.1. The maximum Gasteiger partial charge on any atom is 0.387 e. The van der Waals surface area contributed by atoms with E-state index in [4.69, 9.17) is 0 Å². The van der Waals surface area contributed by atoms with E-state index in [1.807, 2.05) is 26.2 Å². The van der Waals surface area contributed by atoms with Gasteiger partial charge in [-0.2, -0.15) is 13.9 Å². The number of hydrogen-bond donors (Lipinski definition) is 1. The summed E-state index contributed by atoms with van der Waals surface area (Å²) in [5.74, 6) is 0.137. The summed E-state index contributed by atoms with van der Waals surface area (Å²) in [6, 6.07) is 6.58. The van der Waals surface area contributed by atoms with Gasteiger partial charge in [-0.15, -0.1) is 0 Å². The second-order valence-corrected chi connectivity index (χ2v) is 4.36. The number of hydrogen-bond acceptors (Lipinski definition) is 3. The molecular weight excluding hydrogens is 264 g/mol. The summed E-state index contributed by atoms with van der Waals surface area (Å²) in [6.07, 6.45) is 1.92. The molecule has 0 fully saturated rings. The molecule has 6 heteroatoms. The van der Waals surface area contributed by atoms with Crippen LogP contribution in [0.25, 0.3) is 11.3 Å². The van der Waals surface area contributed by atoms with E-state index >= 15 is 0 Å². The van der Waals surface area contributed by atoms with Crippen LogP contribution in [0.15, 0.2) is 30.5 Å². The summed E-state index contributed by atoms with van der Waals surface area (Å²) >= 11 is 0. The highest BCUT2D eigenvalue weighted by Crippen LogP contribution is 2.26. The monoisotopic (exact) mass is 281 g/mol. The lowest BCUT2D eigenvalue weighted by Gasteiger charge is -2.07. The van der Waals surface area contributed by atoms with Crippen molar-refractivity contribution in [3.8, 4) is 17.0 Å². The smallest absolute Gasteiger partial charge is 0.387 e. The molecule has 0 aliphatic rings. The Morgan fingerprint density at radius 2 is 2.20 bits per heavy atom. The molecule has 0 unspecified atom stereocenters. The number of ether oxygens (including phenoxy) is 1. The Kier molecular flexibility index (Phi) is 4.68. The van der Waals surface area contributed by atoms with Crippen molar-refractivity contribution in [3.63, 3.8) is 0 Å². The molecule has 0 aliphatic heterocycles. The minimum atomic E-state index is -2.82. The average Bonchev–Trinajstić information content (AvgIpc) is 2.77. The molecular formula is C14H17F2N3O. The number of aryl methyl sites for hydroxylation is 1. The molecule has 0 bridgehead atoms. The van der Waals surface area contributed by atoms with Crippen molar-refractivity contribution >= 4 is 0 Å². The molecule has 0 saturated heterocycles. The van der Waals surface area contributed by atoms with Crippen LogP contribution < -0.4 is 10.1 Å². The highest BCUT2D eigenvalue weighted by atomic mass is 19.3. The number of alkyl halides is 2. The van der Waals surface area contributed by atoms with Gasteiger partial charge in [0.25, 0.3) is 0 Å². The molecule has 4 nitrogen and oxygen atoms in total. The Balaban J connectivity index is 2.30. The van der Waals surface area contributed by atoms with Crippen molar-refractivity contribution in [3.05, 3.63) is 36.0 Å². The third-order valence-electron chi connectivity index (χ3n) is 2.80. The van der Waals surface area contributed by atoms with Gasteiger partial charge in [-0.1, -0.05) is 19.1 Å². The fourth-order valence-corrected chi connectivity index (χ4v) is 1.99. The maximum atomic E-state index is 12.3. The number of rotatable bonds is 6. The van der Waals surface area contributed by atoms with Crippen LogP contribution in [0.2, 0.25) is 0 Å². The molecule has 0 atom stereocenters. The number of aromatic nitrogens is 2. The number of benzene rings is 1. The van der Waals surface area contributed by atoms with Crippen molar-refractivity contribution in [2.75, 3.05) is 6.54 Å². The van der Waals surface area contributed by atoms with E-state index in [9.17, 15) is 8.78 Å². The van der Waals surface area contributed by atoms with Crippen molar-refractivity contribution < 1.29 is 13.5 Å². The quantitative estimate of drug-likeness (QED) is 0.885. The minimum Gasteiger partial charge on any atom is -0.435 e. The first kappa shape index (κ1) is 14.5. The van der Waals surface area contributed by atoms with Crippen LogP contribution in [-0.4, -0.2) is 22.9 Å². The molecule has 2 aromatic rings. The first-order valence-electron chi connectivity index (χ1n) is 6.38. The first-order chi connectivity index (χ1) is 9.60. The third kappa shape index (κ3) is 3.54. The fourth-order valence-electron chi connectivity index (χ4n) is 1.99. The van der Waals surface area contributed by atoms with E-state index in [-0.39, 0.29) is 5.75 Å². The van der Waals surface area contributed by atoms with Gasteiger partial charge < -0.3 is 10.1 Å². The molecule has 0 spiro atoms. The Hall–Kier alpha value is -1.95. The lowest BCUT2D eigenvalue weighted by Crippen LogP contribution is -2.11.